The van der Waals surface area contributed by atoms with E-state index >= 15 is 0 Å². The Balaban J connectivity index is 3.18. The van der Waals surface area contributed by atoms with Gasteiger partial charge in [0.15, 0.2) is 0 Å². The Labute approximate surface area is 75.6 Å². The maximum Gasteiger partial charge on any atom is 0.339 e. The molecule has 0 aliphatic rings. The predicted molar refractivity (Wildman–Crippen MR) is 42.9 cm³/mol. The van der Waals surface area contributed by atoms with Crippen LogP contribution in [0.5, 0.6) is 0 Å². The van der Waals surface area contributed by atoms with Gasteiger partial charge in [0.2, 0.25) is 4.84 Å². The van der Waals surface area contributed by atoms with Gasteiger partial charge in [-0.05, 0) is 6.92 Å². The van der Waals surface area contributed by atoms with Crippen LogP contribution in [0.4, 0.5) is 0 Å². The number of ether oxygens (including phenoxy) is 2. The van der Waals surface area contributed by atoms with Gasteiger partial charge in [-0.2, -0.15) is 0 Å². The minimum atomic E-state index is -1.10. The van der Waals surface area contributed by atoms with Gasteiger partial charge >= 0.3 is 5.97 Å². The first-order valence-corrected chi connectivity index (χ1v) is 4.08. The molecule has 0 saturated heterocycles. The Morgan fingerprint density at radius 2 is 2.09 bits per heavy atom. The van der Waals surface area contributed by atoms with Gasteiger partial charge in [-0.1, -0.05) is 23.2 Å². The molecule has 0 heterocycles. The summed E-state index contributed by atoms with van der Waals surface area (Å²) in [4.78, 5) is 9.46. The first-order valence-electron chi connectivity index (χ1n) is 3.21. The number of hydrogen-bond acceptors (Lipinski definition) is 3. The molecule has 0 aliphatic heterocycles. The van der Waals surface area contributed by atoms with E-state index in [0.717, 1.165) is 0 Å². The van der Waals surface area contributed by atoms with E-state index in [1.54, 1.807) is 0 Å². The smallest absolute Gasteiger partial charge is 0.339 e. The van der Waals surface area contributed by atoms with Crippen LogP contribution >= 0.6 is 23.2 Å². The molecule has 0 rings (SSSR count). The maximum absolute atomic E-state index is 10.6. The number of alkyl halides is 2. The van der Waals surface area contributed by atoms with E-state index in [1.165, 1.54) is 0 Å². The third-order valence-corrected chi connectivity index (χ3v) is 1.21. The molecule has 0 spiro atoms. The first kappa shape index (κ1) is 11.0. The summed E-state index contributed by atoms with van der Waals surface area (Å²) >= 11 is 10.4. The topological polar surface area (TPSA) is 35.5 Å². The fourth-order valence-corrected chi connectivity index (χ4v) is 0.535. The van der Waals surface area contributed by atoms with E-state index in [4.69, 9.17) is 27.9 Å². The van der Waals surface area contributed by atoms with E-state index in [-0.39, 0.29) is 6.61 Å². The molecule has 0 aromatic rings. The molecular formula is C6H10Cl2O3. The molecule has 5 heteroatoms. The Kier molecular flexibility index (Phi) is 6.71. The van der Waals surface area contributed by atoms with E-state index in [2.05, 4.69) is 4.74 Å². The minimum Gasteiger partial charge on any atom is -0.461 e. The van der Waals surface area contributed by atoms with Crippen molar-refractivity contribution < 1.29 is 14.3 Å². The van der Waals surface area contributed by atoms with Crippen molar-refractivity contribution in [1.82, 2.24) is 0 Å². The lowest BCUT2D eigenvalue weighted by Gasteiger charge is -2.03. The quantitative estimate of drug-likeness (QED) is 0.382. The highest BCUT2D eigenvalue weighted by Gasteiger charge is 2.11. The summed E-state index contributed by atoms with van der Waals surface area (Å²) in [5.74, 6) is -0.631. The van der Waals surface area contributed by atoms with Gasteiger partial charge in [0.1, 0.15) is 6.61 Å². The monoisotopic (exact) mass is 200 g/mol. The van der Waals surface area contributed by atoms with E-state index in [1.807, 2.05) is 6.92 Å². The molecule has 0 amide bonds. The highest BCUT2D eigenvalue weighted by Crippen LogP contribution is 2.02. The highest BCUT2D eigenvalue weighted by molar-refractivity contribution is 6.52. The van der Waals surface area contributed by atoms with Crippen molar-refractivity contribution in [3.63, 3.8) is 0 Å². The van der Waals surface area contributed by atoms with Crippen molar-refractivity contribution in [3.8, 4) is 0 Å². The molecular weight excluding hydrogens is 191 g/mol. The number of rotatable bonds is 5. The minimum absolute atomic E-state index is 0.197. The number of esters is 1. The molecule has 0 N–H and O–H groups in total. The zero-order chi connectivity index (χ0) is 8.69. The van der Waals surface area contributed by atoms with Crippen LogP contribution in [0.2, 0.25) is 0 Å². The second-order valence-corrected chi connectivity index (χ2v) is 2.76. The third-order valence-electron chi connectivity index (χ3n) is 0.854. The molecule has 0 unspecified atom stereocenters. The summed E-state index contributed by atoms with van der Waals surface area (Å²) in [5.41, 5.74) is 0. The van der Waals surface area contributed by atoms with Crippen LogP contribution in [-0.4, -0.2) is 30.6 Å². The van der Waals surface area contributed by atoms with Gasteiger partial charge in [-0.3, -0.25) is 0 Å². The summed E-state index contributed by atoms with van der Waals surface area (Å²) in [7, 11) is 0. The van der Waals surface area contributed by atoms with Crippen molar-refractivity contribution in [3.05, 3.63) is 0 Å². The Morgan fingerprint density at radius 3 is 2.55 bits per heavy atom. The molecule has 0 fully saturated rings. The van der Waals surface area contributed by atoms with Crippen molar-refractivity contribution >= 4 is 29.2 Å². The van der Waals surface area contributed by atoms with Gasteiger partial charge < -0.3 is 9.47 Å². The van der Waals surface area contributed by atoms with Crippen LogP contribution in [-0.2, 0) is 14.3 Å². The predicted octanol–water partition coefficient (Wildman–Crippen LogP) is 1.37. The van der Waals surface area contributed by atoms with E-state index < -0.39 is 10.8 Å². The number of halogens is 2. The fraction of sp³-hybridized carbons (Fsp3) is 0.833. The lowest BCUT2D eigenvalue weighted by atomic mass is 10.7. The third kappa shape index (κ3) is 6.41. The molecule has 0 saturated carbocycles. The zero-order valence-electron chi connectivity index (χ0n) is 6.18. The maximum atomic E-state index is 10.6. The van der Waals surface area contributed by atoms with Crippen molar-refractivity contribution in [1.29, 1.82) is 0 Å². The van der Waals surface area contributed by atoms with Gasteiger partial charge in [0.05, 0.1) is 6.61 Å². The molecule has 0 aromatic carbocycles. The molecule has 11 heavy (non-hydrogen) atoms. The molecule has 0 aliphatic carbocycles. The van der Waals surface area contributed by atoms with Crippen molar-refractivity contribution in [2.45, 2.75) is 11.8 Å². The number of carbonyl (C=O) groups is 1. The highest BCUT2D eigenvalue weighted by atomic mass is 35.5. The summed E-state index contributed by atoms with van der Waals surface area (Å²) in [5, 5.41) is 0. The Bertz CT molecular complexity index is 116. The second kappa shape index (κ2) is 6.70. The molecule has 66 valence electrons. The largest absolute Gasteiger partial charge is 0.461 e. The molecule has 0 atom stereocenters. The lowest BCUT2D eigenvalue weighted by Crippen LogP contribution is -2.15. The summed E-state index contributed by atoms with van der Waals surface area (Å²) in [6.07, 6.45) is 0. The Morgan fingerprint density at radius 1 is 1.45 bits per heavy atom. The van der Waals surface area contributed by atoms with Crippen LogP contribution in [0.15, 0.2) is 0 Å². The summed E-state index contributed by atoms with van der Waals surface area (Å²) in [6, 6.07) is 0. The molecule has 0 radical (unpaired) electrons. The molecule has 0 aromatic heterocycles. The Hall–Kier alpha value is 0.01000. The van der Waals surface area contributed by atoms with Gasteiger partial charge in [-0.25, -0.2) is 4.79 Å². The molecule has 3 nitrogen and oxygen atoms in total. The van der Waals surface area contributed by atoms with Gasteiger partial charge in [-0.15, -0.1) is 0 Å². The fourth-order valence-electron chi connectivity index (χ4n) is 0.409. The van der Waals surface area contributed by atoms with Crippen molar-refractivity contribution in [2.75, 3.05) is 19.8 Å². The first-order chi connectivity index (χ1) is 5.18. The average molecular weight is 201 g/mol. The van der Waals surface area contributed by atoms with Gasteiger partial charge in [0.25, 0.3) is 0 Å². The lowest BCUT2D eigenvalue weighted by molar-refractivity contribution is -0.143. The SMILES string of the molecule is CCOCCOC(=O)C(Cl)Cl. The summed E-state index contributed by atoms with van der Waals surface area (Å²) in [6.45, 7) is 3.03. The standard InChI is InChI=1S/C6H10Cl2O3/c1-2-10-3-4-11-6(9)5(7)8/h5H,2-4H2,1H3. The van der Waals surface area contributed by atoms with Crippen LogP contribution < -0.4 is 0 Å². The second-order valence-electron chi connectivity index (χ2n) is 1.67. The van der Waals surface area contributed by atoms with Crippen molar-refractivity contribution in [2.24, 2.45) is 0 Å². The number of hydrogen-bond donors (Lipinski definition) is 0. The van der Waals surface area contributed by atoms with Gasteiger partial charge in [0, 0.05) is 6.61 Å². The average Bonchev–Trinajstić information content (AvgIpc) is 1.97. The van der Waals surface area contributed by atoms with Crippen LogP contribution in [0, 0.1) is 0 Å². The normalized spacial score (nSPS) is 10.2. The number of carbonyl (C=O) groups excluding carboxylic acids is 1. The van der Waals surface area contributed by atoms with E-state index in [0.29, 0.717) is 13.2 Å². The van der Waals surface area contributed by atoms with Crippen LogP contribution in [0.1, 0.15) is 6.92 Å². The zero-order valence-corrected chi connectivity index (χ0v) is 7.69. The van der Waals surface area contributed by atoms with Crippen LogP contribution in [0.25, 0.3) is 0 Å². The van der Waals surface area contributed by atoms with E-state index in [9.17, 15) is 4.79 Å². The summed E-state index contributed by atoms with van der Waals surface area (Å²) < 4.78 is 9.48. The molecule has 0 bridgehead atoms. The van der Waals surface area contributed by atoms with Crippen LogP contribution in [0.3, 0.4) is 0 Å².